The minimum absolute atomic E-state index is 0.117. The Morgan fingerprint density at radius 3 is 2.42 bits per heavy atom. The van der Waals surface area contributed by atoms with E-state index in [4.69, 9.17) is 4.74 Å². The molecule has 0 aliphatic carbocycles. The van der Waals surface area contributed by atoms with E-state index in [-0.39, 0.29) is 17.3 Å². The van der Waals surface area contributed by atoms with Crippen LogP contribution in [-0.2, 0) is 11.2 Å². The molecule has 6 heteroatoms. The van der Waals surface area contributed by atoms with Crippen LogP contribution in [0.1, 0.15) is 62.3 Å². The largest absolute Gasteiger partial charge is 0.444 e. The first-order chi connectivity index (χ1) is 15.0. The lowest BCUT2D eigenvalue weighted by Gasteiger charge is -2.17. The van der Waals surface area contributed by atoms with Gasteiger partial charge in [-0.3, -0.25) is 9.59 Å². The van der Waals surface area contributed by atoms with Gasteiger partial charge in [0.2, 0.25) is 5.78 Å². The number of para-hydroxylation sites is 1. The molecule has 0 saturated carbocycles. The van der Waals surface area contributed by atoms with Crippen LogP contribution in [0.25, 0.3) is 10.9 Å². The second-order valence-electron chi connectivity index (χ2n) is 7.31. The number of rotatable bonds is 7. The minimum Gasteiger partial charge on any atom is -0.444 e. The highest BCUT2D eigenvalue weighted by Crippen LogP contribution is 2.29. The number of aromatic nitrogens is 2. The zero-order valence-electron chi connectivity index (χ0n) is 17.3. The topological polar surface area (TPSA) is 92.0 Å². The maximum atomic E-state index is 13.5. The third kappa shape index (κ3) is 3.92. The molecule has 0 bridgehead atoms. The van der Waals surface area contributed by atoms with Crippen LogP contribution < -0.4 is 0 Å². The average Bonchev–Trinajstić information content (AvgIpc) is 3.45. The van der Waals surface area contributed by atoms with Gasteiger partial charge in [-0.2, -0.15) is 0 Å². The lowest BCUT2D eigenvalue weighted by atomic mass is 9.98. The number of aryl methyl sites for hydroxylation is 1. The predicted octanol–water partition coefficient (Wildman–Crippen LogP) is 5.04. The summed E-state index contributed by atoms with van der Waals surface area (Å²) in [6.45, 7) is 3.47. The molecule has 2 N–H and O–H groups in total. The fraction of sp³-hybridized carbons (Fsp3) is 0.160. The molecule has 4 aromatic rings. The Balaban J connectivity index is 1.71. The Kier molecular flexibility index (Phi) is 5.54. The second-order valence-corrected chi connectivity index (χ2v) is 7.31. The van der Waals surface area contributed by atoms with Crippen molar-refractivity contribution < 1.29 is 19.1 Å². The van der Waals surface area contributed by atoms with Crippen LogP contribution in [0.3, 0.4) is 0 Å². The third-order valence-corrected chi connectivity index (χ3v) is 5.32. The van der Waals surface area contributed by atoms with Gasteiger partial charge in [-0.25, -0.2) is 4.79 Å². The van der Waals surface area contributed by atoms with E-state index in [2.05, 4.69) is 16.9 Å². The Hall–Kier alpha value is -3.93. The number of H-pyrrole nitrogens is 2. The summed E-state index contributed by atoms with van der Waals surface area (Å²) in [5, 5.41) is 0.792. The first-order valence-corrected chi connectivity index (χ1v) is 10.1. The third-order valence-electron chi connectivity index (χ3n) is 5.32. The lowest BCUT2D eigenvalue weighted by Crippen LogP contribution is -2.20. The first-order valence-electron chi connectivity index (χ1n) is 10.1. The molecule has 0 amide bonds. The highest BCUT2D eigenvalue weighted by molar-refractivity contribution is 6.11. The number of Topliss-reactive ketones (excluding diaryl/α,β-unsaturated/α-hetero) is 2. The van der Waals surface area contributed by atoms with Gasteiger partial charge in [0.25, 0.3) is 0 Å². The van der Waals surface area contributed by atoms with Gasteiger partial charge in [0.1, 0.15) is 5.69 Å². The summed E-state index contributed by atoms with van der Waals surface area (Å²) in [6.07, 6.45) is 2.82. The van der Waals surface area contributed by atoms with Gasteiger partial charge in [0.15, 0.2) is 11.9 Å². The monoisotopic (exact) mass is 414 g/mol. The second kappa shape index (κ2) is 8.44. The van der Waals surface area contributed by atoms with Crippen molar-refractivity contribution in [2.75, 3.05) is 0 Å². The van der Waals surface area contributed by atoms with E-state index < -0.39 is 12.1 Å². The molecule has 1 atom stereocenters. The summed E-state index contributed by atoms with van der Waals surface area (Å²) >= 11 is 0. The molecule has 0 fully saturated rings. The van der Waals surface area contributed by atoms with Crippen LogP contribution in [0.15, 0.2) is 67.0 Å². The quantitative estimate of drug-likeness (QED) is 0.327. The fourth-order valence-electron chi connectivity index (χ4n) is 3.64. The molecule has 31 heavy (non-hydrogen) atoms. The van der Waals surface area contributed by atoms with Gasteiger partial charge in [-0.05, 0) is 25.0 Å². The summed E-state index contributed by atoms with van der Waals surface area (Å²) in [4.78, 5) is 43.8. The number of esters is 1. The van der Waals surface area contributed by atoms with E-state index in [1.165, 1.54) is 19.2 Å². The van der Waals surface area contributed by atoms with Crippen LogP contribution >= 0.6 is 0 Å². The number of hydrogen-bond acceptors (Lipinski definition) is 4. The number of ether oxygens (including phenoxy) is 1. The Morgan fingerprint density at radius 2 is 1.74 bits per heavy atom. The number of carbonyl (C=O) groups excluding carboxylic acids is 3. The number of hydrogen-bond donors (Lipinski definition) is 2. The maximum absolute atomic E-state index is 13.5. The number of aromatic amines is 2. The van der Waals surface area contributed by atoms with Crippen molar-refractivity contribution in [2.24, 2.45) is 0 Å². The van der Waals surface area contributed by atoms with Crippen molar-refractivity contribution in [3.8, 4) is 0 Å². The zero-order valence-corrected chi connectivity index (χ0v) is 17.3. The van der Waals surface area contributed by atoms with Crippen LogP contribution in [0.5, 0.6) is 0 Å². The average molecular weight is 414 g/mol. The van der Waals surface area contributed by atoms with Crippen LogP contribution in [0.4, 0.5) is 0 Å². The van der Waals surface area contributed by atoms with Crippen molar-refractivity contribution in [1.29, 1.82) is 0 Å². The number of fused-ring (bicyclic) bond motifs is 1. The summed E-state index contributed by atoms with van der Waals surface area (Å²) < 4.78 is 5.66. The minimum atomic E-state index is -1.12. The highest BCUT2D eigenvalue weighted by atomic mass is 16.5. The maximum Gasteiger partial charge on any atom is 0.355 e. The Morgan fingerprint density at radius 1 is 0.968 bits per heavy atom. The van der Waals surface area contributed by atoms with E-state index in [0.29, 0.717) is 16.7 Å². The zero-order chi connectivity index (χ0) is 22.0. The molecule has 2 aromatic carbocycles. The number of nitrogens with one attached hydrogen (secondary N) is 2. The van der Waals surface area contributed by atoms with Crippen molar-refractivity contribution in [1.82, 2.24) is 9.97 Å². The van der Waals surface area contributed by atoms with Gasteiger partial charge in [0, 0.05) is 40.0 Å². The standard InChI is InChI=1S/C25H22N2O4/c1-3-16-10-7-11-19-20(14-27-22(16)19)23(29)24(17-8-5-4-6-9-17)31-25(30)21-12-18(13-26-21)15(2)28/h4-14,24,26-27H,3H2,1-2H3/t24-/m0/s1. The van der Waals surface area contributed by atoms with Crippen molar-refractivity contribution in [3.63, 3.8) is 0 Å². The summed E-state index contributed by atoms with van der Waals surface area (Å²) in [7, 11) is 0. The molecule has 0 aliphatic rings. The SMILES string of the molecule is CCc1cccc2c(C(=O)[C@@H](OC(=O)c3cc(C(C)=O)c[nH]3)c3ccccc3)c[nH]c12. The molecule has 2 aromatic heterocycles. The van der Waals surface area contributed by atoms with E-state index in [1.807, 2.05) is 24.3 Å². The summed E-state index contributed by atoms with van der Waals surface area (Å²) in [6, 6.07) is 16.1. The van der Waals surface area contributed by atoms with Crippen LogP contribution in [0.2, 0.25) is 0 Å². The molecule has 156 valence electrons. The smallest absolute Gasteiger partial charge is 0.355 e. The van der Waals surface area contributed by atoms with Crippen molar-refractivity contribution in [2.45, 2.75) is 26.4 Å². The highest BCUT2D eigenvalue weighted by Gasteiger charge is 2.29. The van der Waals surface area contributed by atoms with Gasteiger partial charge in [0.05, 0.1) is 0 Å². The van der Waals surface area contributed by atoms with Gasteiger partial charge in [-0.15, -0.1) is 0 Å². The lowest BCUT2D eigenvalue weighted by molar-refractivity contribution is 0.0275. The number of ketones is 2. The molecule has 2 heterocycles. The molecule has 0 spiro atoms. The first kappa shape index (κ1) is 20.3. The van der Waals surface area contributed by atoms with Crippen LogP contribution in [-0.4, -0.2) is 27.5 Å². The van der Waals surface area contributed by atoms with E-state index in [9.17, 15) is 14.4 Å². The molecule has 4 rings (SSSR count). The molecular weight excluding hydrogens is 392 g/mol. The van der Waals surface area contributed by atoms with E-state index in [0.717, 1.165) is 22.9 Å². The van der Waals surface area contributed by atoms with Gasteiger partial charge in [-0.1, -0.05) is 55.5 Å². The van der Waals surface area contributed by atoms with E-state index >= 15 is 0 Å². The number of carbonyl (C=O) groups is 3. The Labute approximate surface area is 179 Å². The van der Waals surface area contributed by atoms with Crippen molar-refractivity contribution in [3.05, 3.63) is 94.9 Å². The molecule has 0 unspecified atom stereocenters. The Bertz CT molecular complexity index is 1270. The van der Waals surface area contributed by atoms with Gasteiger partial charge >= 0.3 is 5.97 Å². The van der Waals surface area contributed by atoms with E-state index in [1.54, 1.807) is 30.5 Å². The molecule has 0 saturated heterocycles. The summed E-state index contributed by atoms with van der Waals surface area (Å²) in [5.41, 5.74) is 3.53. The predicted molar refractivity (Wildman–Crippen MR) is 117 cm³/mol. The van der Waals surface area contributed by atoms with Crippen molar-refractivity contribution >= 4 is 28.4 Å². The molecular formula is C25H22N2O4. The molecule has 0 aliphatic heterocycles. The molecule has 0 radical (unpaired) electrons. The number of benzene rings is 2. The van der Waals surface area contributed by atoms with Gasteiger partial charge < -0.3 is 14.7 Å². The van der Waals surface area contributed by atoms with Crippen LogP contribution in [0, 0.1) is 0 Å². The normalized spacial score (nSPS) is 11.9. The molecule has 6 nitrogen and oxygen atoms in total. The fourth-order valence-corrected chi connectivity index (χ4v) is 3.64. The summed E-state index contributed by atoms with van der Waals surface area (Å²) in [5.74, 6) is -1.20.